The highest BCUT2D eigenvalue weighted by molar-refractivity contribution is 7.07. The van der Waals surface area contributed by atoms with E-state index in [9.17, 15) is 4.79 Å². The number of carbonyl (C=O) groups is 1. The summed E-state index contributed by atoms with van der Waals surface area (Å²) in [5.74, 6) is 0.408. The number of aromatic nitrogens is 3. The largest absolute Gasteiger partial charge is 0.460 e. The van der Waals surface area contributed by atoms with Crippen LogP contribution in [0.1, 0.15) is 28.9 Å². The second kappa shape index (κ2) is 5.09. The van der Waals surface area contributed by atoms with Crippen molar-refractivity contribution in [1.29, 1.82) is 0 Å². The molecule has 0 saturated heterocycles. The van der Waals surface area contributed by atoms with Crippen LogP contribution in [0.5, 0.6) is 0 Å². The van der Waals surface area contributed by atoms with Gasteiger partial charge in [0.05, 0.1) is 6.61 Å². The Morgan fingerprint density at radius 1 is 1.59 bits per heavy atom. The van der Waals surface area contributed by atoms with E-state index in [1.165, 1.54) is 5.56 Å². The third kappa shape index (κ3) is 2.71. The van der Waals surface area contributed by atoms with Crippen molar-refractivity contribution < 1.29 is 9.53 Å². The summed E-state index contributed by atoms with van der Waals surface area (Å²) in [5, 5.41) is 8.11. The molecule has 0 aliphatic heterocycles. The second-order valence-electron chi connectivity index (χ2n) is 3.50. The fourth-order valence-electron chi connectivity index (χ4n) is 1.43. The molecule has 2 aromatic rings. The lowest BCUT2D eigenvalue weighted by atomic mass is 10.2. The minimum Gasteiger partial charge on any atom is -0.460 e. The van der Waals surface area contributed by atoms with Crippen LogP contribution in [0.2, 0.25) is 0 Å². The number of esters is 1. The molecule has 0 bridgehead atoms. The average molecular weight is 251 g/mol. The van der Waals surface area contributed by atoms with Gasteiger partial charge in [0.15, 0.2) is 0 Å². The predicted molar refractivity (Wildman–Crippen MR) is 64.1 cm³/mol. The lowest BCUT2D eigenvalue weighted by Gasteiger charge is -1.95. The number of rotatable bonds is 4. The quantitative estimate of drug-likeness (QED) is 0.775. The molecule has 0 atom stereocenters. The number of nitrogens with zero attached hydrogens (tertiary/aromatic N) is 3. The van der Waals surface area contributed by atoms with Gasteiger partial charge in [-0.2, -0.15) is 11.3 Å². The van der Waals surface area contributed by atoms with Gasteiger partial charge in [-0.25, -0.2) is 9.78 Å². The molecule has 0 amide bonds. The van der Waals surface area contributed by atoms with Gasteiger partial charge >= 0.3 is 5.97 Å². The van der Waals surface area contributed by atoms with Gasteiger partial charge in [-0.3, -0.25) is 4.68 Å². The second-order valence-corrected chi connectivity index (χ2v) is 4.28. The minimum absolute atomic E-state index is 0.125. The van der Waals surface area contributed by atoms with E-state index in [4.69, 9.17) is 4.74 Å². The topological polar surface area (TPSA) is 57.0 Å². The van der Waals surface area contributed by atoms with E-state index in [0.717, 1.165) is 5.82 Å². The molecule has 2 rings (SSSR count). The van der Waals surface area contributed by atoms with Gasteiger partial charge in [0.2, 0.25) is 0 Å². The number of aryl methyl sites for hydroxylation is 1. The Kier molecular flexibility index (Phi) is 3.53. The van der Waals surface area contributed by atoms with E-state index in [1.807, 2.05) is 11.4 Å². The van der Waals surface area contributed by atoms with Crippen LogP contribution in [0.3, 0.4) is 0 Å². The molecule has 2 aromatic heterocycles. The Hall–Kier alpha value is -1.69. The smallest absolute Gasteiger partial charge is 0.378 e. The van der Waals surface area contributed by atoms with Crippen molar-refractivity contribution in [2.24, 2.45) is 7.05 Å². The van der Waals surface area contributed by atoms with Crippen molar-refractivity contribution >= 4 is 17.3 Å². The number of thiophene rings is 1. The molecule has 0 unspecified atom stereocenters. The first kappa shape index (κ1) is 11.8. The molecule has 17 heavy (non-hydrogen) atoms. The molecule has 0 saturated carbocycles. The summed E-state index contributed by atoms with van der Waals surface area (Å²) in [7, 11) is 1.78. The van der Waals surface area contributed by atoms with Crippen LogP contribution in [0, 0.1) is 0 Å². The number of hydrogen-bond donors (Lipinski definition) is 0. The standard InChI is InChI=1S/C11H13N3O2S/c1-3-16-11(15)10-12-9(14(2)13-10)6-8-4-5-17-7-8/h4-5,7H,3,6H2,1-2H3. The summed E-state index contributed by atoms with van der Waals surface area (Å²) >= 11 is 1.64. The van der Waals surface area contributed by atoms with Crippen LogP contribution < -0.4 is 0 Å². The van der Waals surface area contributed by atoms with Gasteiger partial charge in [-0.05, 0) is 29.3 Å². The van der Waals surface area contributed by atoms with Crippen LogP contribution in [0.4, 0.5) is 0 Å². The first-order valence-corrected chi connectivity index (χ1v) is 6.23. The van der Waals surface area contributed by atoms with Crippen molar-refractivity contribution in [3.05, 3.63) is 34.0 Å². The fraction of sp³-hybridized carbons (Fsp3) is 0.364. The van der Waals surface area contributed by atoms with Gasteiger partial charge < -0.3 is 4.74 Å². The maximum absolute atomic E-state index is 11.5. The van der Waals surface area contributed by atoms with Gasteiger partial charge in [0.1, 0.15) is 5.82 Å². The van der Waals surface area contributed by atoms with E-state index in [0.29, 0.717) is 13.0 Å². The fourth-order valence-corrected chi connectivity index (χ4v) is 2.10. The number of carbonyl (C=O) groups excluding carboxylic acids is 1. The first-order chi connectivity index (χ1) is 8.20. The third-order valence-electron chi connectivity index (χ3n) is 2.25. The molecule has 0 aromatic carbocycles. The van der Waals surface area contributed by atoms with Crippen LogP contribution >= 0.6 is 11.3 Å². The molecule has 5 nitrogen and oxygen atoms in total. The van der Waals surface area contributed by atoms with Gasteiger partial charge in [-0.15, -0.1) is 5.10 Å². The number of ether oxygens (including phenoxy) is 1. The van der Waals surface area contributed by atoms with E-state index in [2.05, 4.69) is 15.5 Å². The molecular formula is C11H13N3O2S. The summed E-state index contributed by atoms with van der Waals surface area (Å²) in [5.41, 5.74) is 1.17. The van der Waals surface area contributed by atoms with Gasteiger partial charge in [-0.1, -0.05) is 0 Å². The summed E-state index contributed by atoms with van der Waals surface area (Å²) in [6.45, 7) is 2.09. The molecule has 6 heteroatoms. The highest BCUT2D eigenvalue weighted by Gasteiger charge is 2.15. The molecule has 0 radical (unpaired) electrons. The van der Waals surface area contributed by atoms with Crippen molar-refractivity contribution in [2.45, 2.75) is 13.3 Å². The summed E-state index contributed by atoms with van der Waals surface area (Å²) in [6.07, 6.45) is 0.673. The van der Waals surface area contributed by atoms with Crippen molar-refractivity contribution in [3.63, 3.8) is 0 Å². The van der Waals surface area contributed by atoms with Crippen molar-refractivity contribution in [3.8, 4) is 0 Å². The normalized spacial score (nSPS) is 10.5. The Labute approximate surface area is 103 Å². The molecule has 2 heterocycles. The summed E-state index contributed by atoms with van der Waals surface area (Å²) in [6, 6.07) is 2.03. The SMILES string of the molecule is CCOC(=O)c1nc(Cc2ccsc2)n(C)n1. The van der Waals surface area contributed by atoms with Crippen LogP contribution in [-0.4, -0.2) is 27.3 Å². The molecule has 0 aliphatic rings. The minimum atomic E-state index is -0.473. The summed E-state index contributed by atoms with van der Waals surface area (Å²) in [4.78, 5) is 15.6. The molecule has 0 fully saturated rings. The number of hydrogen-bond acceptors (Lipinski definition) is 5. The maximum Gasteiger partial charge on any atom is 0.378 e. The highest BCUT2D eigenvalue weighted by Crippen LogP contribution is 2.11. The Morgan fingerprint density at radius 2 is 2.41 bits per heavy atom. The van der Waals surface area contributed by atoms with Gasteiger partial charge in [0, 0.05) is 13.5 Å². The van der Waals surface area contributed by atoms with E-state index < -0.39 is 5.97 Å². The van der Waals surface area contributed by atoms with E-state index in [-0.39, 0.29) is 5.82 Å². The zero-order valence-electron chi connectivity index (χ0n) is 9.71. The molecule has 0 N–H and O–H groups in total. The predicted octanol–water partition coefficient (Wildman–Crippen LogP) is 1.64. The Bertz CT molecular complexity index is 505. The van der Waals surface area contributed by atoms with Crippen molar-refractivity contribution in [2.75, 3.05) is 6.61 Å². The monoisotopic (exact) mass is 251 g/mol. The van der Waals surface area contributed by atoms with Crippen LogP contribution in [0.25, 0.3) is 0 Å². The van der Waals surface area contributed by atoms with E-state index >= 15 is 0 Å². The van der Waals surface area contributed by atoms with Crippen LogP contribution in [-0.2, 0) is 18.2 Å². The van der Waals surface area contributed by atoms with Gasteiger partial charge in [0.25, 0.3) is 5.82 Å². The Morgan fingerprint density at radius 3 is 3.06 bits per heavy atom. The Balaban J connectivity index is 2.16. The lowest BCUT2D eigenvalue weighted by molar-refractivity contribution is 0.0512. The third-order valence-corrected chi connectivity index (χ3v) is 2.99. The first-order valence-electron chi connectivity index (χ1n) is 5.28. The molecular weight excluding hydrogens is 238 g/mol. The molecule has 0 spiro atoms. The zero-order chi connectivity index (χ0) is 12.3. The maximum atomic E-state index is 11.5. The van der Waals surface area contributed by atoms with Crippen LogP contribution in [0.15, 0.2) is 16.8 Å². The zero-order valence-corrected chi connectivity index (χ0v) is 10.5. The van der Waals surface area contributed by atoms with Crippen molar-refractivity contribution in [1.82, 2.24) is 14.8 Å². The van der Waals surface area contributed by atoms with E-state index in [1.54, 1.807) is 30.0 Å². The molecule has 0 aliphatic carbocycles. The average Bonchev–Trinajstić information content (AvgIpc) is 2.91. The summed E-state index contributed by atoms with van der Waals surface area (Å²) < 4.78 is 6.47. The lowest BCUT2D eigenvalue weighted by Crippen LogP contribution is -2.07. The molecule has 90 valence electrons. The highest BCUT2D eigenvalue weighted by atomic mass is 32.1.